The smallest absolute Gasteiger partial charge is 0.433 e. The van der Waals surface area contributed by atoms with Gasteiger partial charge in [-0.25, -0.2) is 9.78 Å². The lowest BCUT2D eigenvalue weighted by Crippen LogP contribution is -2.51. The summed E-state index contributed by atoms with van der Waals surface area (Å²) in [6, 6.07) is 5.31. The monoisotopic (exact) mass is 595 g/mol. The van der Waals surface area contributed by atoms with Crippen LogP contribution in [0.3, 0.4) is 0 Å². The number of methoxy groups -OCH3 is 1. The number of alkyl halides is 3. The molecule has 2 aromatic rings. The highest BCUT2D eigenvalue weighted by Gasteiger charge is 2.45. The van der Waals surface area contributed by atoms with E-state index in [4.69, 9.17) is 9.47 Å². The molecule has 2 amide bonds. The summed E-state index contributed by atoms with van der Waals surface area (Å²) >= 11 is 1.69. The number of carbonyl (C=O) groups is 2. The van der Waals surface area contributed by atoms with Crippen molar-refractivity contribution in [2.45, 2.75) is 51.1 Å². The minimum Gasteiger partial charge on any atom is -0.497 e. The average Bonchev–Trinajstić information content (AvgIpc) is 3.61. The van der Waals surface area contributed by atoms with Crippen LogP contribution in [-0.2, 0) is 15.7 Å². The van der Waals surface area contributed by atoms with E-state index in [9.17, 15) is 22.8 Å². The van der Waals surface area contributed by atoms with E-state index < -0.39 is 29.6 Å². The third-order valence-corrected chi connectivity index (χ3v) is 8.68. The first-order valence-electron chi connectivity index (χ1n) is 13.7. The molecule has 3 saturated heterocycles. The van der Waals surface area contributed by atoms with Crippen molar-refractivity contribution in [3.8, 4) is 5.75 Å². The molecule has 3 fully saturated rings. The van der Waals surface area contributed by atoms with Crippen molar-refractivity contribution in [1.82, 2.24) is 19.7 Å². The number of hydrogen-bond acceptors (Lipinski definition) is 8. The highest BCUT2D eigenvalue weighted by Crippen LogP contribution is 2.37. The van der Waals surface area contributed by atoms with E-state index in [2.05, 4.69) is 9.88 Å². The Kier molecular flexibility index (Phi) is 8.21. The van der Waals surface area contributed by atoms with Crippen molar-refractivity contribution in [1.29, 1.82) is 0 Å². The van der Waals surface area contributed by atoms with Crippen molar-refractivity contribution in [3.05, 3.63) is 30.0 Å². The molecule has 0 N–H and O–H groups in total. The maximum absolute atomic E-state index is 13.7. The molecule has 9 nitrogen and oxygen atoms in total. The molecule has 13 heteroatoms. The summed E-state index contributed by atoms with van der Waals surface area (Å²) in [7, 11) is 1.51. The normalized spacial score (nSPS) is 22.5. The molecule has 1 aromatic heterocycles. The molecule has 5 rings (SSSR count). The van der Waals surface area contributed by atoms with Gasteiger partial charge in [0.05, 0.1) is 18.5 Å². The fourth-order valence-electron chi connectivity index (χ4n) is 5.68. The number of amides is 2. The molecule has 0 unspecified atom stereocenters. The molecule has 1 aromatic carbocycles. The van der Waals surface area contributed by atoms with Gasteiger partial charge in [0.25, 0.3) is 0 Å². The first-order valence-corrected chi connectivity index (χ1v) is 14.9. The number of pyridine rings is 1. The fraction of sp³-hybridized carbons (Fsp3) is 0.607. The predicted molar refractivity (Wildman–Crippen MR) is 151 cm³/mol. The molecule has 0 spiro atoms. The molecule has 4 heterocycles. The van der Waals surface area contributed by atoms with Crippen LogP contribution in [0, 0.1) is 0 Å². The molecule has 224 valence electrons. The number of benzene rings is 1. The van der Waals surface area contributed by atoms with Crippen molar-refractivity contribution in [2.24, 2.45) is 0 Å². The van der Waals surface area contributed by atoms with Gasteiger partial charge in [0, 0.05) is 62.1 Å². The summed E-state index contributed by atoms with van der Waals surface area (Å²) in [6.07, 6.45) is -4.58. The number of halogens is 3. The zero-order valence-electron chi connectivity index (χ0n) is 23.7. The number of hydrogen-bond donors (Lipinski definition) is 0. The van der Waals surface area contributed by atoms with E-state index in [0.29, 0.717) is 68.4 Å². The fourth-order valence-corrected chi connectivity index (χ4v) is 6.64. The quantitative estimate of drug-likeness (QED) is 0.518. The van der Waals surface area contributed by atoms with Crippen molar-refractivity contribution in [2.75, 3.05) is 62.9 Å². The Bertz CT molecular complexity index is 1290. The molecule has 3 aliphatic rings. The largest absolute Gasteiger partial charge is 0.497 e. The maximum atomic E-state index is 13.7. The number of ether oxygens (including phenoxy) is 2. The van der Waals surface area contributed by atoms with Gasteiger partial charge in [0.1, 0.15) is 23.1 Å². The highest BCUT2D eigenvalue weighted by atomic mass is 32.2. The summed E-state index contributed by atoms with van der Waals surface area (Å²) in [5.41, 5.74) is -0.910. The second kappa shape index (κ2) is 11.4. The number of anilines is 1. The predicted octanol–water partition coefficient (Wildman–Crippen LogP) is 4.30. The van der Waals surface area contributed by atoms with Gasteiger partial charge in [-0.05, 0) is 51.5 Å². The number of likely N-dealkylation sites (tertiary alicyclic amines) is 1. The first kappa shape index (κ1) is 29.6. The van der Waals surface area contributed by atoms with Gasteiger partial charge in [-0.1, -0.05) is 0 Å². The molecule has 3 aliphatic heterocycles. The number of rotatable bonds is 4. The number of fused-ring (bicyclic) bond motifs is 1. The first-order chi connectivity index (χ1) is 19.3. The highest BCUT2D eigenvalue weighted by molar-refractivity contribution is 7.99. The molecule has 41 heavy (non-hydrogen) atoms. The van der Waals surface area contributed by atoms with Crippen molar-refractivity contribution >= 4 is 40.4 Å². The Labute approximate surface area is 241 Å². The molecular formula is C28H36F3N5O4S. The number of thioether (sulfide) groups is 1. The van der Waals surface area contributed by atoms with Crippen LogP contribution >= 0.6 is 11.8 Å². The van der Waals surface area contributed by atoms with Crippen LogP contribution in [0.25, 0.3) is 10.9 Å². The third kappa shape index (κ3) is 6.45. The van der Waals surface area contributed by atoms with Gasteiger partial charge in [0.2, 0.25) is 5.91 Å². The van der Waals surface area contributed by atoms with E-state index in [1.807, 2.05) is 4.90 Å². The standard InChI is InChI=1S/C28H36F3N5O4S/c1-27(2,3)40-26(38)36-16-18(13-23(36)25(37)35-11-12-41-17-35)33-7-9-34(10-8-33)22-15-24(28(29,30)31)32-21-6-5-19(39-4)14-20(21)22/h5-6,14-15,18,23H,7-13,16-17H2,1-4H3/t18-,23-/m0/s1. The lowest BCUT2D eigenvalue weighted by molar-refractivity contribution is -0.141. The Morgan fingerprint density at radius 2 is 1.78 bits per heavy atom. The zero-order valence-corrected chi connectivity index (χ0v) is 24.6. The molecule has 0 aliphatic carbocycles. The molecule has 2 atom stereocenters. The van der Waals surface area contributed by atoms with Crippen LogP contribution in [0.1, 0.15) is 32.9 Å². The lowest BCUT2D eigenvalue weighted by atomic mass is 10.1. The van der Waals surface area contributed by atoms with Crippen LogP contribution < -0.4 is 9.64 Å². The minimum absolute atomic E-state index is 0.0566. The van der Waals surface area contributed by atoms with Gasteiger partial charge in [0.15, 0.2) is 0 Å². The zero-order chi connectivity index (χ0) is 29.5. The van der Waals surface area contributed by atoms with Crippen molar-refractivity contribution < 1.29 is 32.2 Å². The van der Waals surface area contributed by atoms with E-state index >= 15 is 0 Å². The van der Waals surface area contributed by atoms with Crippen LogP contribution in [0.2, 0.25) is 0 Å². The summed E-state index contributed by atoms with van der Waals surface area (Å²) in [6.45, 7) is 8.54. The summed E-state index contributed by atoms with van der Waals surface area (Å²) < 4.78 is 52.1. The maximum Gasteiger partial charge on any atom is 0.433 e. The van der Waals surface area contributed by atoms with Crippen LogP contribution in [0.4, 0.5) is 23.7 Å². The van der Waals surface area contributed by atoms with Gasteiger partial charge in [-0.15, -0.1) is 11.8 Å². The topological polar surface area (TPSA) is 78.5 Å². The van der Waals surface area contributed by atoms with Crippen LogP contribution in [0.15, 0.2) is 24.3 Å². The molecular weight excluding hydrogens is 559 g/mol. The molecule has 0 radical (unpaired) electrons. The second-order valence-electron chi connectivity index (χ2n) is 11.6. The van der Waals surface area contributed by atoms with E-state index in [0.717, 1.165) is 11.8 Å². The number of aromatic nitrogens is 1. The number of nitrogens with zero attached hydrogens (tertiary/aromatic N) is 5. The minimum atomic E-state index is -4.57. The summed E-state index contributed by atoms with van der Waals surface area (Å²) in [5.74, 6) is 1.98. The number of carbonyl (C=O) groups excluding carboxylic acids is 2. The Hall–Kier alpha value is -2.93. The van der Waals surface area contributed by atoms with E-state index in [1.165, 1.54) is 7.11 Å². The van der Waals surface area contributed by atoms with Gasteiger partial charge in [-0.3, -0.25) is 14.6 Å². The SMILES string of the molecule is COc1ccc2nc(C(F)(F)F)cc(N3CCN([C@H]4C[C@@H](C(=O)N5CCSC5)N(C(=O)OC(C)(C)C)C4)CC3)c2c1. The second-order valence-corrected chi connectivity index (χ2v) is 12.7. The van der Waals surface area contributed by atoms with Gasteiger partial charge >= 0.3 is 12.3 Å². The Balaban J connectivity index is 1.34. The Morgan fingerprint density at radius 3 is 2.39 bits per heavy atom. The molecule has 0 bridgehead atoms. The van der Waals surface area contributed by atoms with Crippen LogP contribution in [0.5, 0.6) is 5.75 Å². The molecule has 0 saturated carbocycles. The lowest BCUT2D eigenvalue weighted by Gasteiger charge is -2.39. The van der Waals surface area contributed by atoms with E-state index in [1.54, 1.807) is 60.5 Å². The third-order valence-electron chi connectivity index (χ3n) is 7.71. The number of piperazine rings is 1. The van der Waals surface area contributed by atoms with Crippen LogP contribution in [-0.4, -0.2) is 107 Å². The Morgan fingerprint density at radius 1 is 1.05 bits per heavy atom. The summed E-state index contributed by atoms with van der Waals surface area (Å²) in [4.78, 5) is 37.9. The van der Waals surface area contributed by atoms with Gasteiger partial charge in [-0.2, -0.15) is 13.2 Å². The summed E-state index contributed by atoms with van der Waals surface area (Å²) in [5, 5.41) is 0.594. The van der Waals surface area contributed by atoms with E-state index in [-0.39, 0.29) is 17.5 Å². The van der Waals surface area contributed by atoms with Gasteiger partial charge < -0.3 is 19.3 Å². The van der Waals surface area contributed by atoms with Crippen molar-refractivity contribution in [3.63, 3.8) is 0 Å². The average molecular weight is 596 g/mol.